The van der Waals surface area contributed by atoms with E-state index in [2.05, 4.69) is 5.32 Å². The fourth-order valence-electron chi connectivity index (χ4n) is 2.23. The van der Waals surface area contributed by atoms with E-state index in [0.29, 0.717) is 13.1 Å². The molecule has 6 heteroatoms. The first-order valence-corrected chi connectivity index (χ1v) is 8.47. The molecular weight excluding hydrogens is 276 g/mol. The maximum atomic E-state index is 12.3. The molecule has 0 aromatic heterocycles. The second kappa shape index (κ2) is 6.37. The molecule has 0 spiro atoms. The molecule has 1 heterocycles. The van der Waals surface area contributed by atoms with Gasteiger partial charge in [0.05, 0.1) is 5.25 Å². The minimum atomic E-state index is -3.47. The van der Waals surface area contributed by atoms with Crippen LogP contribution in [0.25, 0.3) is 0 Å². The summed E-state index contributed by atoms with van der Waals surface area (Å²) in [6, 6.07) is 9.00. The molecule has 2 rings (SSSR count). The quantitative estimate of drug-likeness (QED) is 0.883. The molecule has 1 amide bonds. The minimum absolute atomic E-state index is 0.297. The summed E-state index contributed by atoms with van der Waals surface area (Å²) in [7, 11) is -3.47. The zero-order valence-electron chi connectivity index (χ0n) is 11.6. The van der Waals surface area contributed by atoms with Crippen molar-refractivity contribution in [1.82, 2.24) is 10.2 Å². The average Bonchev–Trinajstić information content (AvgIpc) is 2.48. The first-order valence-electron chi connectivity index (χ1n) is 6.76. The van der Waals surface area contributed by atoms with Crippen LogP contribution in [0.3, 0.4) is 0 Å². The lowest BCUT2D eigenvalue weighted by atomic mass is 10.2. The molecule has 0 aliphatic carbocycles. The largest absolute Gasteiger partial charge is 0.339 e. The SMILES string of the molecule is CC(c1ccccc1)S(=O)(=O)CC(=O)N1CCNCC1. The van der Waals surface area contributed by atoms with Gasteiger partial charge in [-0.15, -0.1) is 0 Å². The van der Waals surface area contributed by atoms with Crippen LogP contribution in [0.4, 0.5) is 0 Å². The molecule has 20 heavy (non-hydrogen) atoms. The first-order chi connectivity index (χ1) is 9.50. The van der Waals surface area contributed by atoms with E-state index in [9.17, 15) is 13.2 Å². The molecule has 5 nitrogen and oxygen atoms in total. The van der Waals surface area contributed by atoms with Crippen molar-refractivity contribution >= 4 is 15.7 Å². The lowest BCUT2D eigenvalue weighted by molar-refractivity contribution is -0.128. The molecule has 1 aromatic carbocycles. The van der Waals surface area contributed by atoms with E-state index >= 15 is 0 Å². The number of piperazine rings is 1. The first kappa shape index (κ1) is 15.0. The Bertz CT molecular complexity index is 551. The zero-order valence-corrected chi connectivity index (χ0v) is 12.4. The van der Waals surface area contributed by atoms with Crippen molar-refractivity contribution in [3.8, 4) is 0 Å². The van der Waals surface area contributed by atoms with Crippen molar-refractivity contribution in [2.45, 2.75) is 12.2 Å². The van der Waals surface area contributed by atoms with Crippen molar-refractivity contribution in [2.24, 2.45) is 0 Å². The molecular formula is C14H20N2O3S. The van der Waals surface area contributed by atoms with Crippen LogP contribution >= 0.6 is 0 Å². The maximum absolute atomic E-state index is 12.3. The highest BCUT2D eigenvalue weighted by Gasteiger charge is 2.28. The molecule has 1 aliphatic rings. The highest BCUT2D eigenvalue weighted by atomic mass is 32.2. The molecule has 0 bridgehead atoms. The summed E-state index contributed by atoms with van der Waals surface area (Å²) < 4.78 is 24.6. The fourth-order valence-corrected chi connectivity index (χ4v) is 3.58. The predicted molar refractivity (Wildman–Crippen MR) is 78.1 cm³/mol. The summed E-state index contributed by atoms with van der Waals surface area (Å²) >= 11 is 0. The maximum Gasteiger partial charge on any atom is 0.237 e. The Kier molecular flexibility index (Phi) is 4.77. The number of nitrogens with zero attached hydrogens (tertiary/aromatic N) is 1. The number of carbonyl (C=O) groups excluding carboxylic acids is 1. The highest BCUT2D eigenvalue weighted by Crippen LogP contribution is 2.22. The van der Waals surface area contributed by atoms with Gasteiger partial charge in [0, 0.05) is 26.2 Å². The van der Waals surface area contributed by atoms with E-state index in [1.807, 2.05) is 6.07 Å². The van der Waals surface area contributed by atoms with E-state index < -0.39 is 20.8 Å². The van der Waals surface area contributed by atoms with E-state index in [0.717, 1.165) is 18.7 Å². The smallest absolute Gasteiger partial charge is 0.237 e. The second-order valence-electron chi connectivity index (χ2n) is 4.99. The molecule has 0 saturated carbocycles. The average molecular weight is 296 g/mol. The van der Waals surface area contributed by atoms with Crippen molar-refractivity contribution in [1.29, 1.82) is 0 Å². The third kappa shape index (κ3) is 3.58. The number of hydrogen-bond donors (Lipinski definition) is 1. The van der Waals surface area contributed by atoms with Crippen LogP contribution < -0.4 is 5.32 Å². The van der Waals surface area contributed by atoms with Crippen molar-refractivity contribution in [2.75, 3.05) is 31.9 Å². The van der Waals surface area contributed by atoms with Gasteiger partial charge in [-0.25, -0.2) is 8.42 Å². The van der Waals surface area contributed by atoms with Gasteiger partial charge in [0.1, 0.15) is 5.75 Å². The summed E-state index contributed by atoms with van der Waals surface area (Å²) in [4.78, 5) is 13.7. The molecule has 1 aliphatic heterocycles. The second-order valence-corrected chi connectivity index (χ2v) is 7.31. The third-order valence-electron chi connectivity index (χ3n) is 3.60. The highest BCUT2D eigenvalue weighted by molar-refractivity contribution is 7.92. The van der Waals surface area contributed by atoms with E-state index in [-0.39, 0.29) is 5.91 Å². The molecule has 1 aromatic rings. The van der Waals surface area contributed by atoms with Gasteiger partial charge in [-0.05, 0) is 12.5 Å². The Balaban J connectivity index is 2.05. The summed E-state index contributed by atoms with van der Waals surface area (Å²) in [6.07, 6.45) is 0. The fraction of sp³-hybridized carbons (Fsp3) is 0.500. The number of sulfone groups is 1. The molecule has 1 unspecified atom stereocenters. The summed E-state index contributed by atoms with van der Waals surface area (Å²) in [5.74, 6) is -0.711. The Morgan fingerprint density at radius 3 is 2.45 bits per heavy atom. The van der Waals surface area contributed by atoms with Gasteiger partial charge in [0.2, 0.25) is 5.91 Å². The molecule has 1 N–H and O–H groups in total. The Morgan fingerprint density at radius 2 is 1.85 bits per heavy atom. The van der Waals surface area contributed by atoms with Crippen molar-refractivity contribution in [3.05, 3.63) is 35.9 Å². The van der Waals surface area contributed by atoms with Crippen molar-refractivity contribution in [3.63, 3.8) is 0 Å². The van der Waals surface area contributed by atoms with E-state index in [1.54, 1.807) is 36.1 Å². The normalized spacial score (nSPS) is 17.8. The lowest BCUT2D eigenvalue weighted by Crippen LogP contribution is -2.48. The summed E-state index contributed by atoms with van der Waals surface area (Å²) in [5.41, 5.74) is 0.723. The van der Waals surface area contributed by atoms with Crippen LogP contribution in [-0.4, -0.2) is 51.2 Å². The molecule has 110 valence electrons. The number of carbonyl (C=O) groups is 1. The van der Waals surface area contributed by atoms with Crippen LogP contribution in [0.2, 0.25) is 0 Å². The molecule has 1 fully saturated rings. The molecule has 1 saturated heterocycles. The minimum Gasteiger partial charge on any atom is -0.339 e. The Hall–Kier alpha value is -1.40. The van der Waals surface area contributed by atoms with E-state index in [4.69, 9.17) is 0 Å². The number of benzene rings is 1. The van der Waals surface area contributed by atoms with Gasteiger partial charge in [0.15, 0.2) is 9.84 Å². The van der Waals surface area contributed by atoms with Gasteiger partial charge in [-0.2, -0.15) is 0 Å². The number of rotatable bonds is 4. The molecule has 1 atom stereocenters. The number of amides is 1. The summed E-state index contributed by atoms with van der Waals surface area (Å²) in [6.45, 7) is 4.23. The lowest BCUT2D eigenvalue weighted by Gasteiger charge is -2.27. The van der Waals surface area contributed by atoms with Crippen LogP contribution in [-0.2, 0) is 14.6 Å². The standard InChI is InChI=1S/C14H20N2O3S/c1-12(13-5-3-2-4-6-13)20(18,19)11-14(17)16-9-7-15-8-10-16/h2-6,12,15H,7-11H2,1H3. The van der Waals surface area contributed by atoms with Gasteiger partial charge >= 0.3 is 0 Å². The number of nitrogens with one attached hydrogen (secondary N) is 1. The topological polar surface area (TPSA) is 66.5 Å². The Labute approximate surface area is 119 Å². The van der Waals surface area contributed by atoms with Crippen LogP contribution in [0.1, 0.15) is 17.7 Å². The number of hydrogen-bond acceptors (Lipinski definition) is 4. The third-order valence-corrected chi connectivity index (χ3v) is 5.60. The Morgan fingerprint density at radius 1 is 1.25 bits per heavy atom. The van der Waals surface area contributed by atoms with Gasteiger partial charge < -0.3 is 10.2 Å². The van der Waals surface area contributed by atoms with Gasteiger partial charge in [0.25, 0.3) is 0 Å². The van der Waals surface area contributed by atoms with Crippen LogP contribution in [0.5, 0.6) is 0 Å². The van der Waals surface area contributed by atoms with Gasteiger partial charge in [-0.1, -0.05) is 30.3 Å². The predicted octanol–water partition coefficient (Wildman–Crippen LogP) is 0.594. The monoisotopic (exact) mass is 296 g/mol. The zero-order chi connectivity index (χ0) is 14.6. The van der Waals surface area contributed by atoms with Gasteiger partial charge in [-0.3, -0.25) is 4.79 Å². The molecule has 0 radical (unpaired) electrons. The van der Waals surface area contributed by atoms with Crippen LogP contribution in [0.15, 0.2) is 30.3 Å². The van der Waals surface area contributed by atoms with Crippen molar-refractivity contribution < 1.29 is 13.2 Å². The van der Waals surface area contributed by atoms with E-state index in [1.165, 1.54) is 0 Å². The summed E-state index contributed by atoms with van der Waals surface area (Å²) in [5, 5.41) is 2.48. The van der Waals surface area contributed by atoms with Crippen LogP contribution in [0, 0.1) is 0 Å².